The molecule has 84 valence electrons. The lowest BCUT2D eigenvalue weighted by atomic mass is 10.2. The maximum Gasteiger partial charge on any atom is 0.286 e. The Kier molecular flexibility index (Phi) is 6.00. The van der Waals surface area contributed by atoms with E-state index in [4.69, 9.17) is 4.42 Å². The zero-order chi connectivity index (χ0) is 10.9. The minimum absolute atomic E-state index is 0.120. The second-order valence-electron chi connectivity index (χ2n) is 3.29. The van der Waals surface area contributed by atoms with E-state index in [1.165, 1.54) is 24.9 Å². The number of carbonyl (C=O) groups excluding carboxylic acids is 1. The molecule has 1 aromatic heterocycles. The van der Waals surface area contributed by atoms with Gasteiger partial charge in [0.15, 0.2) is 5.76 Å². The third-order valence-corrected chi connectivity index (χ3v) is 2.75. The van der Waals surface area contributed by atoms with E-state index >= 15 is 0 Å². The van der Waals surface area contributed by atoms with Gasteiger partial charge in [-0.3, -0.25) is 4.79 Å². The zero-order valence-corrected chi connectivity index (χ0v) is 9.81. The van der Waals surface area contributed by atoms with Crippen molar-refractivity contribution in [3.63, 3.8) is 0 Å². The van der Waals surface area contributed by atoms with Crippen molar-refractivity contribution in [2.24, 2.45) is 0 Å². The summed E-state index contributed by atoms with van der Waals surface area (Å²) in [5.41, 5.74) is 0. The second-order valence-corrected chi connectivity index (χ2v) is 4.27. The standard InChI is InChI=1S/C11H17NO2S/c1-15-9-4-2-3-7-12-11(13)10-6-5-8-14-10/h5-6,8H,2-4,7,9H2,1H3,(H,12,13). The third-order valence-electron chi connectivity index (χ3n) is 2.06. The van der Waals surface area contributed by atoms with Gasteiger partial charge in [0.05, 0.1) is 6.26 Å². The number of hydrogen-bond donors (Lipinski definition) is 1. The summed E-state index contributed by atoms with van der Waals surface area (Å²) >= 11 is 1.86. The van der Waals surface area contributed by atoms with Crippen LogP contribution in [0.1, 0.15) is 29.8 Å². The molecule has 0 bridgehead atoms. The number of carbonyl (C=O) groups is 1. The summed E-state index contributed by atoms with van der Waals surface area (Å²) in [6, 6.07) is 3.39. The average Bonchev–Trinajstić information content (AvgIpc) is 2.76. The van der Waals surface area contributed by atoms with Crippen LogP contribution in [0, 0.1) is 0 Å². The Morgan fingerprint density at radius 2 is 2.33 bits per heavy atom. The van der Waals surface area contributed by atoms with Crippen molar-refractivity contribution in [2.45, 2.75) is 19.3 Å². The number of thioether (sulfide) groups is 1. The molecule has 3 nitrogen and oxygen atoms in total. The summed E-state index contributed by atoms with van der Waals surface area (Å²) in [4.78, 5) is 11.4. The van der Waals surface area contributed by atoms with E-state index in [2.05, 4.69) is 11.6 Å². The molecule has 1 heterocycles. The molecule has 0 atom stereocenters. The first-order chi connectivity index (χ1) is 7.34. The molecule has 0 unspecified atom stereocenters. The SMILES string of the molecule is CSCCCCCNC(=O)c1ccco1. The number of nitrogens with one attached hydrogen (secondary N) is 1. The van der Waals surface area contributed by atoms with Crippen LogP contribution < -0.4 is 5.32 Å². The summed E-state index contributed by atoms with van der Waals surface area (Å²) in [5, 5.41) is 2.82. The Labute approximate surface area is 94.6 Å². The molecule has 1 aromatic rings. The van der Waals surface area contributed by atoms with Crippen LogP contribution in [0.4, 0.5) is 0 Å². The van der Waals surface area contributed by atoms with Gasteiger partial charge in [0.1, 0.15) is 0 Å². The first kappa shape index (κ1) is 12.2. The van der Waals surface area contributed by atoms with Crippen molar-refractivity contribution in [3.8, 4) is 0 Å². The summed E-state index contributed by atoms with van der Waals surface area (Å²) in [7, 11) is 0. The predicted molar refractivity (Wildman–Crippen MR) is 63.3 cm³/mol. The lowest BCUT2D eigenvalue weighted by Gasteiger charge is -2.02. The van der Waals surface area contributed by atoms with E-state index in [1.54, 1.807) is 12.1 Å². The summed E-state index contributed by atoms with van der Waals surface area (Å²) in [5.74, 6) is 1.47. The Morgan fingerprint density at radius 3 is 3.00 bits per heavy atom. The Bertz CT molecular complexity index is 272. The van der Waals surface area contributed by atoms with Crippen LogP contribution in [0.2, 0.25) is 0 Å². The number of furan rings is 1. The summed E-state index contributed by atoms with van der Waals surface area (Å²) in [6.45, 7) is 0.730. The molecule has 1 rings (SSSR count). The second kappa shape index (κ2) is 7.40. The highest BCUT2D eigenvalue weighted by Crippen LogP contribution is 2.02. The summed E-state index contributed by atoms with van der Waals surface area (Å²) < 4.78 is 4.98. The molecule has 0 aliphatic heterocycles. The first-order valence-corrected chi connectivity index (χ1v) is 6.54. The van der Waals surface area contributed by atoms with Crippen LogP contribution in [0.3, 0.4) is 0 Å². The van der Waals surface area contributed by atoms with Crippen LogP contribution in [-0.4, -0.2) is 24.5 Å². The lowest BCUT2D eigenvalue weighted by Crippen LogP contribution is -2.23. The van der Waals surface area contributed by atoms with Crippen molar-refractivity contribution >= 4 is 17.7 Å². The topological polar surface area (TPSA) is 42.2 Å². The van der Waals surface area contributed by atoms with Gasteiger partial charge >= 0.3 is 0 Å². The van der Waals surface area contributed by atoms with Gasteiger partial charge in [0, 0.05) is 6.54 Å². The number of unbranched alkanes of at least 4 members (excludes halogenated alkanes) is 2. The van der Waals surface area contributed by atoms with Crippen LogP contribution in [0.5, 0.6) is 0 Å². The Balaban J connectivity index is 2.03. The fourth-order valence-corrected chi connectivity index (χ4v) is 1.74. The van der Waals surface area contributed by atoms with Crippen LogP contribution in [0.15, 0.2) is 22.8 Å². The highest BCUT2D eigenvalue weighted by Gasteiger charge is 2.05. The molecule has 0 fully saturated rings. The molecule has 4 heteroatoms. The van der Waals surface area contributed by atoms with Gasteiger partial charge in [-0.25, -0.2) is 0 Å². The lowest BCUT2D eigenvalue weighted by molar-refractivity contribution is 0.0925. The molecule has 0 radical (unpaired) electrons. The minimum atomic E-state index is -0.120. The van der Waals surface area contributed by atoms with Gasteiger partial charge in [-0.2, -0.15) is 11.8 Å². The minimum Gasteiger partial charge on any atom is -0.459 e. The first-order valence-electron chi connectivity index (χ1n) is 5.15. The van der Waals surface area contributed by atoms with E-state index in [9.17, 15) is 4.79 Å². The molecular formula is C11H17NO2S. The maximum atomic E-state index is 11.4. The molecular weight excluding hydrogens is 210 g/mol. The van der Waals surface area contributed by atoms with Crippen molar-refractivity contribution in [1.29, 1.82) is 0 Å². The van der Waals surface area contributed by atoms with Crippen LogP contribution in [-0.2, 0) is 0 Å². The third kappa shape index (κ3) is 4.93. The molecule has 1 N–H and O–H groups in total. The fraction of sp³-hybridized carbons (Fsp3) is 0.545. The molecule has 0 aliphatic rings. The highest BCUT2D eigenvalue weighted by atomic mass is 32.2. The van der Waals surface area contributed by atoms with Crippen LogP contribution >= 0.6 is 11.8 Å². The quantitative estimate of drug-likeness (QED) is 0.728. The van der Waals surface area contributed by atoms with Gasteiger partial charge < -0.3 is 9.73 Å². The van der Waals surface area contributed by atoms with E-state index < -0.39 is 0 Å². The zero-order valence-electron chi connectivity index (χ0n) is 8.99. The van der Waals surface area contributed by atoms with E-state index in [1.807, 2.05) is 11.8 Å². The molecule has 0 saturated heterocycles. The maximum absolute atomic E-state index is 11.4. The Morgan fingerprint density at radius 1 is 1.47 bits per heavy atom. The number of amides is 1. The van der Waals surface area contributed by atoms with Crippen LogP contribution in [0.25, 0.3) is 0 Å². The van der Waals surface area contributed by atoms with E-state index in [0.717, 1.165) is 13.0 Å². The van der Waals surface area contributed by atoms with Gasteiger partial charge in [-0.05, 0) is 37.0 Å². The monoisotopic (exact) mass is 227 g/mol. The summed E-state index contributed by atoms with van der Waals surface area (Å²) in [6.07, 6.45) is 7.04. The van der Waals surface area contributed by atoms with Gasteiger partial charge in [0.2, 0.25) is 0 Å². The predicted octanol–water partition coefficient (Wildman–Crippen LogP) is 2.54. The van der Waals surface area contributed by atoms with Gasteiger partial charge in [-0.15, -0.1) is 0 Å². The average molecular weight is 227 g/mol. The van der Waals surface area contributed by atoms with Crippen molar-refractivity contribution in [2.75, 3.05) is 18.6 Å². The molecule has 0 aromatic carbocycles. The fourth-order valence-electron chi connectivity index (χ4n) is 1.24. The van der Waals surface area contributed by atoms with Gasteiger partial charge in [-0.1, -0.05) is 6.42 Å². The van der Waals surface area contributed by atoms with Gasteiger partial charge in [0.25, 0.3) is 5.91 Å². The van der Waals surface area contributed by atoms with Crippen molar-refractivity contribution in [3.05, 3.63) is 24.2 Å². The van der Waals surface area contributed by atoms with E-state index in [0.29, 0.717) is 5.76 Å². The normalized spacial score (nSPS) is 10.2. The molecule has 1 amide bonds. The highest BCUT2D eigenvalue weighted by molar-refractivity contribution is 7.98. The molecule has 0 spiro atoms. The van der Waals surface area contributed by atoms with Crippen molar-refractivity contribution in [1.82, 2.24) is 5.32 Å². The number of rotatable bonds is 7. The number of hydrogen-bond acceptors (Lipinski definition) is 3. The molecule has 0 aliphatic carbocycles. The molecule has 15 heavy (non-hydrogen) atoms. The largest absolute Gasteiger partial charge is 0.459 e. The Hall–Kier alpha value is -0.900. The molecule has 0 saturated carbocycles. The smallest absolute Gasteiger partial charge is 0.286 e. The van der Waals surface area contributed by atoms with E-state index in [-0.39, 0.29) is 5.91 Å². The van der Waals surface area contributed by atoms with Crippen molar-refractivity contribution < 1.29 is 9.21 Å².